The lowest BCUT2D eigenvalue weighted by atomic mass is 9.93. The normalized spacial score (nSPS) is 25.9. The van der Waals surface area contributed by atoms with E-state index in [1.165, 1.54) is 6.33 Å². The number of nitrogens with two attached hydrogens (primary N) is 1. The van der Waals surface area contributed by atoms with Gasteiger partial charge in [0.05, 0.1) is 26.1 Å². The summed E-state index contributed by atoms with van der Waals surface area (Å²) in [5.74, 6) is 0.281. The lowest BCUT2D eigenvalue weighted by molar-refractivity contribution is -0.144. The van der Waals surface area contributed by atoms with E-state index >= 15 is 0 Å². The van der Waals surface area contributed by atoms with Gasteiger partial charge in [0.2, 0.25) is 11.8 Å². The van der Waals surface area contributed by atoms with Crippen LogP contribution in [0.1, 0.15) is 32.1 Å². The fourth-order valence-corrected chi connectivity index (χ4v) is 3.92. The van der Waals surface area contributed by atoms with Crippen LogP contribution in [0.15, 0.2) is 36.7 Å². The number of nitrogen functional groups attached to an aromatic ring is 1. The smallest absolute Gasteiger partial charge is 0.247 e. The van der Waals surface area contributed by atoms with Crippen LogP contribution in [-0.4, -0.2) is 60.8 Å². The lowest BCUT2D eigenvalue weighted by Gasteiger charge is -2.31. The second-order valence-corrected chi connectivity index (χ2v) is 7.44. The molecule has 1 aromatic carbocycles. The molecule has 0 radical (unpaired) electrons. The predicted molar refractivity (Wildman–Crippen MR) is 112 cm³/mol. The molecular weight excluding hydrogens is 402 g/mol. The zero-order valence-corrected chi connectivity index (χ0v) is 17.5. The minimum absolute atomic E-state index is 0.0194. The molecule has 0 amide bonds. The topological polar surface area (TPSA) is 138 Å². The third kappa shape index (κ3) is 3.83. The minimum Gasteiger partial charge on any atom is -0.476 e. The molecular formula is C21H27N5O5. The highest BCUT2D eigenvalue weighted by Gasteiger charge is 2.55. The largest absolute Gasteiger partial charge is 0.476 e. The van der Waals surface area contributed by atoms with Gasteiger partial charge in [-0.05, 0) is 18.9 Å². The van der Waals surface area contributed by atoms with Gasteiger partial charge >= 0.3 is 0 Å². The first kappa shape index (κ1) is 21.4. The van der Waals surface area contributed by atoms with Gasteiger partial charge in [0.25, 0.3) is 0 Å². The van der Waals surface area contributed by atoms with E-state index in [2.05, 4.69) is 15.0 Å². The fourth-order valence-electron chi connectivity index (χ4n) is 3.92. The summed E-state index contributed by atoms with van der Waals surface area (Å²) in [6.45, 7) is 4.05. The molecule has 166 valence electrons. The zero-order valence-electron chi connectivity index (χ0n) is 17.5. The van der Waals surface area contributed by atoms with Crippen LogP contribution in [0.5, 0.6) is 5.88 Å². The summed E-state index contributed by atoms with van der Waals surface area (Å²) < 4.78 is 19.4. The van der Waals surface area contributed by atoms with E-state index in [1.54, 1.807) is 4.57 Å². The number of aliphatic hydroxyl groups excluding tert-OH is 2. The Kier molecular flexibility index (Phi) is 6.05. The quantitative estimate of drug-likeness (QED) is 0.485. The summed E-state index contributed by atoms with van der Waals surface area (Å²) in [4.78, 5) is 12.7. The molecule has 0 unspecified atom stereocenters. The number of ether oxygens (including phenoxy) is 3. The highest BCUT2D eigenvalue weighted by atomic mass is 16.6. The molecule has 4 atom stereocenters. The van der Waals surface area contributed by atoms with Crippen LogP contribution in [0.3, 0.4) is 0 Å². The fraction of sp³-hybridized carbons (Fsp3) is 0.476. The van der Waals surface area contributed by atoms with Crippen molar-refractivity contribution in [3.05, 3.63) is 42.2 Å². The molecule has 1 aliphatic heterocycles. The van der Waals surface area contributed by atoms with E-state index in [0.29, 0.717) is 24.2 Å². The molecule has 31 heavy (non-hydrogen) atoms. The third-order valence-corrected chi connectivity index (χ3v) is 5.58. The van der Waals surface area contributed by atoms with E-state index in [0.717, 1.165) is 5.56 Å². The van der Waals surface area contributed by atoms with Crippen LogP contribution in [0.25, 0.3) is 11.2 Å². The third-order valence-electron chi connectivity index (χ3n) is 5.58. The Morgan fingerprint density at radius 1 is 1.23 bits per heavy atom. The number of imidazole rings is 1. The van der Waals surface area contributed by atoms with Crippen LogP contribution >= 0.6 is 0 Å². The van der Waals surface area contributed by atoms with Crippen molar-refractivity contribution < 1.29 is 24.4 Å². The van der Waals surface area contributed by atoms with Crippen LogP contribution in [0.4, 0.5) is 5.95 Å². The van der Waals surface area contributed by atoms with Crippen molar-refractivity contribution in [1.82, 2.24) is 19.5 Å². The van der Waals surface area contributed by atoms with Crippen molar-refractivity contribution in [2.75, 3.05) is 18.9 Å². The number of fused-ring (bicyclic) bond motifs is 1. The number of hydrogen-bond donors (Lipinski definition) is 3. The van der Waals surface area contributed by atoms with E-state index in [-0.39, 0.29) is 25.0 Å². The highest BCUT2D eigenvalue weighted by molar-refractivity contribution is 5.77. The molecule has 4 rings (SSSR count). The van der Waals surface area contributed by atoms with Gasteiger partial charge < -0.3 is 30.2 Å². The number of nitrogens with zero attached hydrogens (tertiary/aromatic N) is 4. The van der Waals surface area contributed by atoms with Gasteiger partial charge in [-0.25, -0.2) is 4.98 Å². The van der Waals surface area contributed by atoms with Gasteiger partial charge in [-0.2, -0.15) is 9.97 Å². The molecule has 2 aromatic heterocycles. The van der Waals surface area contributed by atoms with E-state index < -0.39 is 24.0 Å². The minimum atomic E-state index is -1.09. The zero-order chi connectivity index (χ0) is 22.0. The summed E-state index contributed by atoms with van der Waals surface area (Å²) in [6.07, 6.45) is -0.811. The molecule has 10 nitrogen and oxygen atoms in total. The van der Waals surface area contributed by atoms with Crippen LogP contribution in [-0.2, 0) is 16.1 Å². The summed E-state index contributed by atoms with van der Waals surface area (Å²) in [7, 11) is 0. The van der Waals surface area contributed by atoms with E-state index in [9.17, 15) is 10.2 Å². The average molecular weight is 429 g/mol. The van der Waals surface area contributed by atoms with Crippen molar-refractivity contribution in [3.63, 3.8) is 0 Å². The Labute approximate surface area is 179 Å². The van der Waals surface area contributed by atoms with Gasteiger partial charge in [0.15, 0.2) is 17.4 Å². The molecule has 0 aliphatic carbocycles. The van der Waals surface area contributed by atoms with Crippen molar-refractivity contribution >= 4 is 17.1 Å². The van der Waals surface area contributed by atoms with Crippen molar-refractivity contribution in [1.29, 1.82) is 0 Å². The van der Waals surface area contributed by atoms with E-state index in [1.807, 2.05) is 44.2 Å². The summed E-state index contributed by atoms with van der Waals surface area (Å²) in [5, 5.41) is 21.4. The van der Waals surface area contributed by atoms with Crippen LogP contribution in [0, 0.1) is 0 Å². The molecule has 3 heterocycles. The maximum Gasteiger partial charge on any atom is 0.247 e. The first-order chi connectivity index (χ1) is 15.0. The molecule has 10 heteroatoms. The van der Waals surface area contributed by atoms with Crippen LogP contribution in [0.2, 0.25) is 0 Å². The molecule has 3 aromatic rings. The van der Waals surface area contributed by atoms with Crippen molar-refractivity contribution in [3.8, 4) is 5.88 Å². The second kappa shape index (κ2) is 8.75. The molecule has 4 N–H and O–H groups in total. The number of aromatic nitrogens is 4. The first-order valence-corrected chi connectivity index (χ1v) is 10.3. The monoisotopic (exact) mass is 429 g/mol. The molecule has 0 saturated carbocycles. The molecule has 1 saturated heterocycles. The van der Waals surface area contributed by atoms with Gasteiger partial charge in [0.1, 0.15) is 17.8 Å². The first-order valence-electron chi connectivity index (χ1n) is 10.3. The van der Waals surface area contributed by atoms with Crippen molar-refractivity contribution in [2.45, 2.75) is 50.9 Å². The summed E-state index contributed by atoms with van der Waals surface area (Å²) >= 11 is 0. The number of aliphatic hydroxyl groups is 2. The SMILES string of the molecule is CCOc1nc(N)nc2c1ncn2[C@@H]1O[C@](CC)(CO)[C@@H](OCc2ccccc2)[C@H]1O. The standard InChI is InChI=1S/C21H27N5O5/c1-3-21(11-27)16(30-10-13-8-6-5-7-9-13)15(28)19(31-21)26-12-23-14-17(26)24-20(22)25-18(14)29-4-2/h5-9,12,15-16,19,27-28H,3-4,10-11H2,1-2H3,(H2,22,24,25)/t15-,16+,19-,21-/m1/s1. The van der Waals surface area contributed by atoms with Crippen LogP contribution < -0.4 is 10.5 Å². The summed E-state index contributed by atoms with van der Waals surface area (Å²) in [6, 6.07) is 9.63. The average Bonchev–Trinajstić information content (AvgIpc) is 3.32. The molecule has 0 bridgehead atoms. The summed E-state index contributed by atoms with van der Waals surface area (Å²) in [5.41, 5.74) is 6.49. The molecule has 0 spiro atoms. The van der Waals surface area contributed by atoms with E-state index in [4.69, 9.17) is 19.9 Å². The second-order valence-electron chi connectivity index (χ2n) is 7.44. The van der Waals surface area contributed by atoms with Gasteiger partial charge in [0, 0.05) is 0 Å². The predicted octanol–water partition coefficient (Wildman–Crippen LogP) is 1.42. The van der Waals surface area contributed by atoms with Crippen molar-refractivity contribution in [2.24, 2.45) is 0 Å². The maximum atomic E-state index is 11.2. The Morgan fingerprint density at radius 2 is 2.00 bits per heavy atom. The highest BCUT2D eigenvalue weighted by Crippen LogP contribution is 2.42. The Bertz CT molecular complexity index is 1020. The lowest BCUT2D eigenvalue weighted by Crippen LogP contribution is -2.47. The number of rotatable bonds is 8. The Hall–Kier alpha value is -2.79. The number of benzene rings is 1. The Morgan fingerprint density at radius 3 is 2.68 bits per heavy atom. The van der Waals surface area contributed by atoms with Gasteiger partial charge in [-0.3, -0.25) is 4.57 Å². The maximum absolute atomic E-state index is 11.2. The molecule has 1 aliphatic rings. The van der Waals surface area contributed by atoms with Gasteiger partial charge in [-0.1, -0.05) is 37.3 Å². The number of hydrogen-bond acceptors (Lipinski definition) is 9. The molecule has 1 fully saturated rings. The number of anilines is 1. The van der Waals surface area contributed by atoms with Gasteiger partial charge in [-0.15, -0.1) is 0 Å². The Balaban J connectivity index is 1.68.